The monoisotopic (exact) mass is 265 g/mol. The Morgan fingerprint density at radius 3 is 2.53 bits per heavy atom. The molecule has 2 unspecified atom stereocenters. The average molecular weight is 265 g/mol. The smallest absolute Gasteiger partial charge is 0.360 e. The van der Waals surface area contributed by atoms with Gasteiger partial charge in [-0.15, -0.1) is 0 Å². The minimum Gasteiger partial charge on any atom is -0.457 e. The van der Waals surface area contributed by atoms with Gasteiger partial charge < -0.3 is 13.7 Å². The summed E-state index contributed by atoms with van der Waals surface area (Å²) in [5, 5.41) is 3.71. The Morgan fingerprint density at radius 1 is 1.37 bits per heavy atom. The maximum absolute atomic E-state index is 12.0. The van der Waals surface area contributed by atoms with Gasteiger partial charge in [0.25, 0.3) is 0 Å². The van der Waals surface area contributed by atoms with Crippen LogP contribution >= 0.6 is 0 Å². The second kappa shape index (κ2) is 4.34. The molecule has 2 fully saturated rings. The molecule has 1 aromatic heterocycles. The van der Waals surface area contributed by atoms with Crippen LogP contribution < -0.4 is 0 Å². The van der Waals surface area contributed by atoms with Gasteiger partial charge in [0.1, 0.15) is 11.9 Å². The molecule has 3 heterocycles. The van der Waals surface area contributed by atoms with E-state index in [-0.39, 0.29) is 17.8 Å². The fraction of sp³-hybridized carbons (Fsp3) is 0.714. The van der Waals surface area contributed by atoms with Crippen LogP contribution in [0.1, 0.15) is 41.9 Å². The van der Waals surface area contributed by atoms with Crippen molar-refractivity contribution in [2.45, 2.75) is 50.8 Å². The van der Waals surface area contributed by atoms with E-state index in [1.807, 2.05) is 0 Å². The molecule has 2 bridgehead atoms. The summed E-state index contributed by atoms with van der Waals surface area (Å²) < 4.78 is 11.6. The quantitative estimate of drug-likeness (QED) is 0.605. The van der Waals surface area contributed by atoms with Crippen LogP contribution in [0.2, 0.25) is 0 Å². The van der Waals surface area contributed by atoms with Crippen LogP contribution in [-0.2, 0) is 4.74 Å². The highest BCUT2D eigenvalue weighted by atomic mass is 16.5. The fourth-order valence-electron chi connectivity index (χ4n) is 3.60. The highest BCUT2D eigenvalue weighted by Gasteiger charge is 2.49. The SMILES string of the molecule is Cc1cc(C(=O)OC2CC3CCC(C2)[N+]3(C)C)no1. The summed E-state index contributed by atoms with van der Waals surface area (Å²) in [5.41, 5.74) is 0.282. The van der Waals surface area contributed by atoms with Crippen molar-refractivity contribution in [3.05, 3.63) is 17.5 Å². The molecule has 0 amide bonds. The molecule has 0 saturated carbocycles. The lowest BCUT2D eigenvalue weighted by Gasteiger charge is -2.43. The first-order chi connectivity index (χ1) is 8.96. The molecule has 0 N–H and O–H groups in total. The van der Waals surface area contributed by atoms with E-state index in [0.29, 0.717) is 17.8 Å². The number of quaternary nitrogens is 1. The van der Waals surface area contributed by atoms with Gasteiger partial charge in [0.05, 0.1) is 26.2 Å². The normalized spacial score (nSPS) is 32.3. The summed E-state index contributed by atoms with van der Waals surface area (Å²) in [6.07, 6.45) is 4.45. The van der Waals surface area contributed by atoms with Gasteiger partial charge in [-0.1, -0.05) is 5.16 Å². The number of ether oxygens (including phenoxy) is 1. The van der Waals surface area contributed by atoms with Gasteiger partial charge in [0.2, 0.25) is 0 Å². The van der Waals surface area contributed by atoms with Crippen LogP contribution in [-0.4, -0.2) is 47.9 Å². The Morgan fingerprint density at radius 2 is 2.00 bits per heavy atom. The Balaban J connectivity index is 1.65. The van der Waals surface area contributed by atoms with Crippen LogP contribution in [0, 0.1) is 6.92 Å². The maximum atomic E-state index is 12.0. The molecule has 104 valence electrons. The first-order valence-corrected chi connectivity index (χ1v) is 6.94. The molecule has 0 aromatic carbocycles. The summed E-state index contributed by atoms with van der Waals surface area (Å²) in [6, 6.07) is 2.87. The zero-order chi connectivity index (χ0) is 13.6. The third-order valence-electron chi connectivity index (χ3n) is 4.90. The summed E-state index contributed by atoms with van der Waals surface area (Å²) in [4.78, 5) is 12.0. The van der Waals surface area contributed by atoms with Crippen molar-refractivity contribution >= 4 is 5.97 Å². The van der Waals surface area contributed by atoms with Crippen molar-refractivity contribution in [2.75, 3.05) is 14.1 Å². The lowest BCUT2D eigenvalue weighted by Crippen LogP contribution is -2.56. The molecule has 2 saturated heterocycles. The number of carbonyl (C=O) groups excluding carboxylic acids is 1. The van der Waals surface area contributed by atoms with Crippen LogP contribution in [0.4, 0.5) is 0 Å². The van der Waals surface area contributed by atoms with Crippen molar-refractivity contribution in [2.24, 2.45) is 0 Å². The molecule has 3 rings (SSSR count). The standard InChI is InChI=1S/C14H21N2O3/c1-9-6-13(15-19-9)14(17)18-12-7-10-4-5-11(8-12)16(10,2)3/h6,10-12H,4-5,7-8H2,1-3H3/q+1. The van der Waals surface area contributed by atoms with Gasteiger partial charge in [0, 0.05) is 31.7 Å². The zero-order valence-corrected chi connectivity index (χ0v) is 11.8. The number of piperidine rings is 1. The van der Waals surface area contributed by atoms with Gasteiger partial charge in [-0.05, 0) is 6.92 Å². The molecular formula is C14H21N2O3+. The Kier molecular flexibility index (Phi) is 2.89. The average Bonchev–Trinajstić information content (AvgIpc) is 2.78. The van der Waals surface area contributed by atoms with Crippen LogP contribution in [0.5, 0.6) is 0 Å². The van der Waals surface area contributed by atoms with Crippen molar-refractivity contribution in [1.82, 2.24) is 5.16 Å². The van der Waals surface area contributed by atoms with Crippen LogP contribution in [0.15, 0.2) is 10.6 Å². The van der Waals surface area contributed by atoms with E-state index < -0.39 is 0 Å². The number of rotatable bonds is 2. The molecule has 2 atom stereocenters. The molecule has 1 aromatic rings. The number of carbonyl (C=O) groups is 1. The van der Waals surface area contributed by atoms with Crippen molar-refractivity contribution < 1.29 is 18.5 Å². The highest BCUT2D eigenvalue weighted by molar-refractivity contribution is 5.87. The number of nitrogens with zero attached hydrogens (tertiary/aromatic N) is 2. The molecule has 0 spiro atoms. The van der Waals surface area contributed by atoms with Gasteiger partial charge in [-0.25, -0.2) is 4.79 Å². The minimum absolute atomic E-state index is 0.0353. The lowest BCUT2D eigenvalue weighted by molar-refractivity contribution is -0.931. The summed E-state index contributed by atoms with van der Waals surface area (Å²) in [7, 11) is 4.59. The number of hydrogen-bond acceptors (Lipinski definition) is 4. The van der Waals surface area contributed by atoms with E-state index in [1.54, 1.807) is 13.0 Å². The third kappa shape index (κ3) is 2.16. The largest absolute Gasteiger partial charge is 0.457 e. The van der Waals surface area contributed by atoms with Gasteiger partial charge in [-0.3, -0.25) is 0 Å². The van der Waals surface area contributed by atoms with Gasteiger partial charge in [-0.2, -0.15) is 0 Å². The lowest BCUT2D eigenvalue weighted by atomic mass is 9.98. The molecular weight excluding hydrogens is 244 g/mol. The number of hydrogen-bond donors (Lipinski definition) is 0. The molecule has 5 nitrogen and oxygen atoms in total. The van der Waals surface area contributed by atoms with Gasteiger partial charge >= 0.3 is 5.97 Å². The fourth-order valence-corrected chi connectivity index (χ4v) is 3.60. The number of aryl methyl sites for hydroxylation is 1. The van der Waals surface area contributed by atoms with E-state index in [9.17, 15) is 4.79 Å². The van der Waals surface area contributed by atoms with E-state index in [4.69, 9.17) is 9.26 Å². The van der Waals surface area contributed by atoms with Crippen molar-refractivity contribution in [3.8, 4) is 0 Å². The van der Waals surface area contributed by atoms with Crippen LogP contribution in [0.3, 0.4) is 0 Å². The molecule has 5 heteroatoms. The molecule has 0 radical (unpaired) electrons. The first-order valence-electron chi connectivity index (χ1n) is 6.94. The van der Waals surface area contributed by atoms with Crippen molar-refractivity contribution in [1.29, 1.82) is 0 Å². The second-order valence-electron chi connectivity index (χ2n) is 6.34. The van der Waals surface area contributed by atoms with Crippen molar-refractivity contribution in [3.63, 3.8) is 0 Å². The predicted octanol–water partition coefficient (Wildman–Crippen LogP) is 1.91. The summed E-state index contributed by atoms with van der Waals surface area (Å²) >= 11 is 0. The molecule has 0 aliphatic carbocycles. The van der Waals surface area contributed by atoms with E-state index >= 15 is 0 Å². The Labute approximate surface area is 113 Å². The molecule has 19 heavy (non-hydrogen) atoms. The molecule has 2 aliphatic heterocycles. The van der Waals surface area contributed by atoms with E-state index in [1.165, 1.54) is 12.8 Å². The number of esters is 1. The number of aromatic nitrogens is 1. The third-order valence-corrected chi connectivity index (χ3v) is 4.90. The molecule has 2 aliphatic rings. The zero-order valence-electron chi connectivity index (χ0n) is 11.8. The first kappa shape index (κ1) is 12.7. The second-order valence-corrected chi connectivity index (χ2v) is 6.34. The summed E-state index contributed by atoms with van der Waals surface area (Å²) in [6.45, 7) is 1.77. The Bertz CT molecular complexity index is 479. The van der Waals surface area contributed by atoms with E-state index in [2.05, 4.69) is 19.3 Å². The number of fused-ring (bicyclic) bond motifs is 2. The maximum Gasteiger partial charge on any atom is 0.360 e. The Hall–Kier alpha value is -1.36. The minimum atomic E-state index is -0.353. The summed E-state index contributed by atoms with van der Waals surface area (Å²) in [5.74, 6) is 0.280. The van der Waals surface area contributed by atoms with E-state index in [0.717, 1.165) is 17.3 Å². The topological polar surface area (TPSA) is 52.3 Å². The predicted molar refractivity (Wildman–Crippen MR) is 68.6 cm³/mol. The van der Waals surface area contributed by atoms with Gasteiger partial charge in [0.15, 0.2) is 5.69 Å². The highest BCUT2D eigenvalue weighted by Crippen LogP contribution is 2.40. The van der Waals surface area contributed by atoms with Crippen LogP contribution in [0.25, 0.3) is 0 Å².